The third kappa shape index (κ3) is 6.34. The standard InChI is InChI=1S/C26H33F3O/c1-30-16-6-4-2-3-5-7-19-8-10-20(11-9-19)21-12-14-22(15-13-21)23-17-24(27)26(29)25(28)18-23/h12-15,17-20H,2-11,16H2,1H3. The molecule has 1 saturated carbocycles. The predicted octanol–water partition coefficient (Wildman–Crippen LogP) is 8.03. The van der Waals surface area contributed by atoms with Gasteiger partial charge in [-0.1, -0.05) is 56.4 Å². The minimum Gasteiger partial charge on any atom is -0.385 e. The molecule has 0 saturated heterocycles. The quantitative estimate of drug-likeness (QED) is 0.280. The van der Waals surface area contributed by atoms with Crippen molar-refractivity contribution in [1.29, 1.82) is 0 Å². The molecule has 0 amide bonds. The lowest BCUT2D eigenvalue weighted by Gasteiger charge is -2.29. The molecule has 1 nitrogen and oxygen atoms in total. The highest BCUT2D eigenvalue weighted by Crippen LogP contribution is 2.38. The first kappa shape index (κ1) is 22.9. The fourth-order valence-electron chi connectivity index (χ4n) is 4.66. The molecule has 1 aliphatic carbocycles. The molecule has 0 aliphatic heterocycles. The van der Waals surface area contributed by atoms with Crippen LogP contribution < -0.4 is 0 Å². The van der Waals surface area contributed by atoms with Crippen LogP contribution in [0, 0.1) is 23.4 Å². The molecule has 0 heterocycles. The van der Waals surface area contributed by atoms with Gasteiger partial charge in [0.2, 0.25) is 0 Å². The predicted molar refractivity (Wildman–Crippen MR) is 116 cm³/mol. The summed E-state index contributed by atoms with van der Waals surface area (Å²) in [4.78, 5) is 0. The second kappa shape index (κ2) is 11.5. The topological polar surface area (TPSA) is 9.23 Å². The van der Waals surface area contributed by atoms with Gasteiger partial charge in [0.05, 0.1) is 0 Å². The van der Waals surface area contributed by atoms with Crippen molar-refractivity contribution in [2.24, 2.45) is 5.92 Å². The van der Waals surface area contributed by atoms with E-state index in [0.717, 1.165) is 24.7 Å². The van der Waals surface area contributed by atoms with Crippen LogP contribution in [-0.4, -0.2) is 13.7 Å². The molecule has 2 aromatic carbocycles. The zero-order valence-electron chi connectivity index (χ0n) is 17.9. The third-order valence-corrected chi connectivity index (χ3v) is 6.51. The summed E-state index contributed by atoms with van der Waals surface area (Å²) in [5.74, 6) is -2.31. The highest BCUT2D eigenvalue weighted by molar-refractivity contribution is 5.64. The maximum absolute atomic E-state index is 13.5. The Kier molecular flexibility index (Phi) is 8.80. The van der Waals surface area contributed by atoms with Crippen molar-refractivity contribution >= 4 is 0 Å². The van der Waals surface area contributed by atoms with Gasteiger partial charge in [-0.2, -0.15) is 0 Å². The van der Waals surface area contributed by atoms with Gasteiger partial charge >= 0.3 is 0 Å². The number of unbranched alkanes of at least 4 members (excludes halogenated alkanes) is 4. The maximum atomic E-state index is 13.5. The molecule has 0 radical (unpaired) electrons. The molecule has 3 rings (SSSR count). The largest absolute Gasteiger partial charge is 0.385 e. The lowest BCUT2D eigenvalue weighted by atomic mass is 9.77. The summed E-state index contributed by atoms with van der Waals surface area (Å²) in [7, 11) is 1.76. The molecule has 1 aliphatic rings. The Morgan fingerprint density at radius 1 is 0.767 bits per heavy atom. The van der Waals surface area contributed by atoms with Crippen molar-refractivity contribution < 1.29 is 17.9 Å². The van der Waals surface area contributed by atoms with Crippen LogP contribution in [0.1, 0.15) is 75.7 Å². The van der Waals surface area contributed by atoms with Crippen LogP contribution in [0.2, 0.25) is 0 Å². The molecule has 4 heteroatoms. The Bertz CT molecular complexity index is 756. The van der Waals surface area contributed by atoms with Crippen LogP contribution in [0.4, 0.5) is 13.2 Å². The number of halogens is 3. The summed E-state index contributed by atoms with van der Waals surface area (Å²) < 4.78 is 45.2. The number of hydrogen-bond donors (Lipinski definition) is 0. The average molecular weight is 419 g/mol. The highest BCUT2D eigenvalue weighted by Gasteiger charge is 2.22. The van der Waals surface area contributed by atoms with Gasteiger partial charge in [0.25, 0.3) is 0 Å². The summed E-state index contributed by atoms with van der Waals surface area (Å²) in [6, 6.07) is 9.99. The van der Waals surface area contributed by atoms with Crippen LogP contribution in [-0.2, 0) is 4.74 Å². The van der Waals surface area contributed by atoms with Gasteiger partial charge in [-0.25, -0.2) is 13.2 Å². The molecule has 2 aromatic rings. The molecule has 0 N–H and O–H groups in total. The minimum atomic E-state index is -1.42. The minimum absolute atomic E-state index is 0.365. The summed E-state index contributed by atoms with van der Waals surface area (Å²) in [5, 5.41) is 0. The van der Waals surface area contributed by atoms with Crippen LogP contribution in [0.5, 0.6) is 0 Å². The van der Waals surface area contributed by atoms with Gasteiger partial charge in [0.15, 0.2) is 17.5 Å². The van der Waals surface area contributed by atoms with E-state index in [2.05, 4.69) is 12.1 Å². The Labute approximate surface area is 178 Å². The lowest BCUT2D eigenvalue weighted by Crippen LogP contribution is -2.13. The smallest absolute Gasteiger partial charge is 0.194 e. The number of rotatable bonds is 10. The molecule has 0 aromatic heterocycles. The fourth-order valence-corrected chi connectivity index (χ4v) is 4.66. The van der Waals surface area contributed by atoms with E-state index >= 15 is 0 Å². The zero-order valence-corrected chi connectivity index (χ0v) is 17.9. The first-order valence-electron chi connectivity index (χ1n) is 11.3. The summed E-state index contributed by atoms with van der Waals surface area (Å²) in [6.07, 6.45) is 12.7. The first-order valence-corrected chi connectivity index (χ1v) is 11.3. The van der Waals surface area contributed by atoms with Gasteiger partial charge < -0.3 is 4.74 Å². The van der Waals surface area contributed by atoms with E-state index in [4.69, 9.17) is 4.74 Å². The number of benzene rings is 2. The third-order valence-electron chi connectivity index (χ3n) is 6.51. The van der Waals surface area contributed by atoms with Crippen molar-refractivity contribution in [3.63, 3.8) is 0 Å². The van der Waals surface area contributed by atoms with Crippen molar-refractivity contribution in [3.8, 4) is 11.1 Å². The summed E-state index contributed by atoms with van der Waals surface area (Å²) in [5.41, 5.74) is 2.36. The molecule has 1 fully saturated rings. The van der Waals surface area contributed by atoms with E-state index in [-0.39, 0.29) is 0 Å². The van der Waals surface area contributed by atoms with Gasteiger partial charge in [-0.15, -0.1) is 0 Å². The van der Waals surface area contributed by atoms with Gasteiger partial charge in [0.1, 0.15) is 0 Å². The SMILES string of the molecule is COCCCCCCCC1CCC(c2ccc(-c3cc(F)c(F)c(F)c3)cc2)CC1. The summed E-state index contributed by atoms with van der Waals surface area (Å²) in [6.45, 7) is 0.878. The molecular weight excluding hydrogens is 385 g/mol. The molecule has 0 spiro atoms. The van der Waals surface area contributed by atoms with Gasteiger partial charge in [-0.3, -0.25) is 0 Å². The average Bonchev–Trinajstić information content (AvgIpc) is 2.77. The maximum Gasteiger partial charge on any atom is 0.194 e. The van der Waals surface area contributed by atoms with Crippen LogP contribution in [0.15, 0.2) is 36.4 Å². The molecule has 30 heavy (non-hydrogen) atoms. The lowest BCUT2D eigenvalue weighted by molar-refractivity contribution is 0.191. The van der Waals surface area contributed by atoms with Crippen molar-refractivity contribution in [2.75, 3.05) is 13.7 Å². The second-order valence-electron chi connectivity index (χ2n) is 8.64. The summed E-state index contributed by atoms with van der Waals surface area (Å²) >= 11 is 0. The second-order valence-corrected chi connectivity index (χ2v) is 8.64. The van der Waals surface area contributed by atoms with Crippen molar-refractivity contribution in [1.82, 2.24) is 0 Å². The van der Waals surface area contributed by atoms with E-state index in [1.54, 1.807) is 7.11 Å². The monoisotopic (exact) mass is 418 g/mol. The van der Waals surface area contributed by atoms with E-state index in [0.29, 0.717) is 17.0 Å². The van der Waals surface area contributed by atoms with Crippen molar-refractivity contribution in [3.05, 3.63) is 59.4 Å². The number of methoxy groups -OCH3 is 1. The number of ether oxygens (including phenoxy) is 1. The van der Waals surface area contributed by atoms with Crippen LogP contribution >= 0.6 is 0 Å². The Morgan fingerprint density at radius 3 is 2.00 bits per heavy atom. The first-order chi connectivity index (χ1) is 14.6. The zero-order chi connectivity index (χ0) is 21.3. The molecule has 164 valence electrons. The number of hydrogen-bond acceptors (Lipinski definition) is 1. The van der Waals surface area contributed by atoms with Crippen LogP contribution in [0.25, 0.3) is 11.1 Å². The van der Waals surface area contributed by atoms with Crippen LogP contribution in [0.3, 0.4) is 0 Å². The Hall–Kier alpha value is -1.81. The van der Waals surface area contributed by atoms with Crippen molar-refractivity contribution in [2.45, 2.75) is 70.1 Å². The van der Waals surface area contributed by atoms with E-state index in [1.807, 2.05) is 12.1 Å². The molecular formula is C26H33F3O. The van der Waals surface area contributed by atoms with E-state index < -0.39 is 17.5 Å². The normalized spacial score (nSPS) is 19.2. The molecule has 0 bridgehead atoms. The van der Waals surface area contributed by atoms with E-state index in [9.17, 15) is 13.2 Å². The molecule has 0 unspecified atom stereocenters. The van der Waals surface area contributed by atoms with Gasteiger partial charge in [0, 0.05) is 13.7 Å². The fraction of sp³-hybridized carbons (Fsp3) is 0.538. The molecule has 0 atom stereocenters. The Balaban J connectivity index is 1.44. The highest BCUT2D eigenvalue weighted by atomic mass is 19.2. The van der Waals surface area contributed by atoms with E-state index in [1.165, 1.54) is 69.8 Å². The van der Waals surface area contributed by atoms with Gasteiger partial charge in [-0.05, 0) is 72.8 Å². The Morgan fingerprint density at radius 2 is 1.37 bits per heavy atom.